The summed E-state index contributed by atoms with van der Waals surface area (Å²) in [4.78, 5) is 18.5. The number of thiazole rings is 1. The second kappa shape index (κ2) is 7.27. The molecule has 4 nitrogen and oxygen atoms in total. The van der Waals surface area contributed by atoms with Crippen molar-refractivity contribution in [3.63, 3.8) is 0 Å². The van der Waals surface area contributed by atoms with Crippen LogP contribution in [0.5, 0.6) is 5.75 Å². The summed E-state index contributed by atoms with van der Waals surface area (Å²) >= 11 is 1.61. The number of methoxy groups -OCH3 is 1. The number of likely N-dealkylation sites (N-methyl/N-ethyl adjacent to an activating group) is 1. The van der Waals surface area contributed by atoms with E-state index < -0.39 is 0 Å². The lowest BCUT2D eigenvalue weighted by Crippen LogP contribution is -2.23. The Morgan fingerprint density at radius 1 is 1.21 bits per heavy atom. The molecule has 0 aliphatic heterocycles. The average molecular weight is 338 g/mol. The monoisotopic (exact) mass is 338 g/mol. The molecule has 5 heteroatoms. The fraction of sp³-hybridized carbons (Fsp3) is 0.158. The van der Waals surface area contributed by atoms with Crippen LogP contribution in [0.1, 0.15) is 10.6 Å². The molecule has 2 aromatic carbocycles. The minimum atomic E-state index is -0.0693. The van der Waals surface area contributed by atoms with Crippen molar-refractivity contribution in [3.8, 4) is 5.75 Å². The van der Waals surface area contributed by atoms with E-state index in [2.05, 4.69) is 4.98 Å². The molecule has 0 aliphatic carbocycles. The fourth-order valence-electron chi connectivity index (χ4n) is 2.36. The van der Waals surface area contributed by atoms with Crippen LogP contribution in [-0.2, 0) is 11.3 Å². The van der Waals surface area contributed by atoms with Gasteiger partial charge in [0.15, 0.2) is 0 Å². The van der Waals surface area contributed by atoms with Gasteiger partial charge in [0.25, 0.3) is 0 Å². The van der Waals surface area contributed by atoms with E-state index in [1.807, 2.05) is 48.5 Å². The van der Waals surface area contributed by atoms with E-state index >= 15 is 0 Å². The summed E-state index contributed by atoms with van der Waals surface area (Å²) in [5.74, 6) is 0.676. The van der Waals surface area contributed by atoms with Gasteiger partial charge in [0.2, 0.25) is 5.91 Å². The molecule has 0 saturated heterocycles. The van der Waals surface area contributed by atoms with Crippen molar-refractivity contribution in [1.29, 1.82) is 0 Å². The van der Waals surface area contributed by atoms with E-state index in [9.17, 15) is 4.79 Å². The maximum atomic E-state index is 12.3. The summed E-state index contributed by atoms with van der Waals surface area (Å²) in [6, 6.07) is 15.6. The summed E-state index contributed by atoms with van der Waals surface area (Å²) in [5.41, 5.74) is 1.85. The summed E-state index contributed by atoms with van der Waals surface area (Å²) in [6.45, 7) is 0.494. The number of carbonyl (C=O) groups excluding carboxylic acids is 1. The summed E-state index contributed by atoms with van der Waals surface area (Å²) in [5, 5.41) is 0.928. The Hall–Kier alpha value is -2.66. The van der Waals surface area contributed by atoms with Gasteiger partial charge in [-0.1, -0.05) is 30.3 Å². The maximum absolute atomic E-state index is 12.3. The minimum Gasteiger partial charge on any atom is -0.496 e. The molecule has 0 saturated carbocycles. The molecule has 0 atom stereocenters. The predicted molar refractivity (Wildman–Crippen MR) is 98.1 cm³/mol. The molecule has 0 N–H and O–H groups in total. The highest BCUT2D eigenvalue weighted by Gasteiger charge is 2.10. The number of aromatic nitrogens is 1. The van der Waals surface area contributed by atoms with Gasteiger partial charge in [-0.05, 0) is 24.3 Å². The van der Waals surface area contributed by atoms with Gasteiger partial charge in [-0.25, -0.2) is 4.98 Å². The number of hydrogen-bond donors (Lipinski definition) is 0. The zero-order valence-corrected chi connectivity index (χ0v) is 14.4. The highest BCUT2D eigenvalue weighted by Crippen LogP contribution is 2.22. The molecule has 122 valence electrons. The third-order valence-electron chi connectivity index (χ3n) is 3.63. The smallest absolute Gasteiger partial charge is 0.246 e. The lowest BCUT2D eigenvalue weighted by Gasteiger charge is -2.13. The third kappa shape index (κ3) is 3.63. The standard InChI is InChI=1S/C19H18N2O2S/c1-21(13-18-20-15-8-4-6-10-17(15)24-18)19(22)12-11-14-7-3-5-9-16(14)23-2/h3-12H,13H2,1-2H3/b12-11+. The highest BCUT2D eigenvalue weighted by atomic mass is 32.1. The third-order valence-corrected chi connectivity index (χ3v) is 4.65. The summed E-state index contributed by atoms with van der Waals surface area (Å²) in [7, 11) is 3.40. The van der Waals surface area contributed by atoms with Crippen molar-refractivity contribution in [3.05, 3.63) is 65.2 Å². The van der Waals surface area contributed by atoms with Gasteiger partial charge in [0.1, 0.15) is 10.8 Å². The molecular weight excluding hydrogens is 320 g/mol. The molecule has 24 heavy (non-hydrogen) atoms. The van der Waals surface area contributed by atoms with Crippen molar-refractivity contribution in [2.24, 2.45) is 0 Å². The normalized spacial score (nSPS) is 11.1. The molecule has 3 aromatic rings. The highest BCUT2D eigenvalue weighted by molar-refractivity contribution is 7.18. The van der Waals surface area contributed by atoms with Crippen LogP contribution in [0.4, 0.5) is 0 Å². The first-order chi connectivity index (χ1) is 11.7. The lowest BCUT2D eigenvalue weighted by molar-refractivity contribution is -0.125. The fourth-order valence-corrected chi connectivity index (χ4v) is 3.38. The van der Waals surface area contributed by atoms with Crippen LogP contribution >= 0.6 is 11.3 Å². The van der Waals surface area contributed by atoms with E-state index in [0.29, 0.717) is 6.54 Å². The molecule has 0 unspecified atom stereocenters. The predicted octanol–water partition coefficient (Wildman–Crippen LogP) is 3.98. The number of carbonyl (C=O) groups is 1. The van der Waals surface area contributed by atoms with E-state index in [1.54, 1.807) is 42.5 Å². The molecule has 0 radical (unpaired) electrons. The average Bonchev–Trinajstić information content (AvgIpc) is 3.02. The number of rotatable bonds is 5. The van der Waals surface area contributed by atoms with Crippen molar-refractivity contribution < 1.29 is 9.53 Å². The van der Waals surface area contributed by atoms with Crippen LogP contribution in [0.25, 0.3) is 16.3 Å². The number of ether oxygens (including phenoxy) is 1. The number of benzene rings is 2. The Morgan fingerprint density at radius 2 is 1.96 bits per heavy atom. The summed E-state index contributed by atoms with van der Waals surface area (Å²) < 4.78 is 6.42. The molecule has 0 spiro atoms. The molecule has 1 amide bonds. The molecule has 3 rings (SSSR count). The van der Waals surface area contributed by atoms with E-state index in [0.717, 1.165) is 26.5 Å². The van der Waals surface area contributed by atoms with Crippen LogP contribution in [0.15, 0.2) is 54.6 Å². The second-order valence-electron chi connectivity index (χ2n) is 5.34. The minimum absolute atomic E-state index is 0.0693. The second-order valence-corrected chi connectivity index (χ2v) is 6.46. The number of para-hydroxylation sites is 2. The van der Waals surface area contributed by atoms with Gasteiger partial charge < -0.3 is 9.64 Å². The van der Waals surface area contributed by atoms with Crippen LogP contribution in [-0.4, -0.2) is 29.9 Å². The Kier molecular flexibility index (Phi) is 4.91. The van der Waals surface area contributed by atoms with E-state index in [1.165, 1.54) is 0 Å². The van der Waals surface area contributed by atoms with Crippen molar-refractivity contribution >= 4 is 33.5 Å². The Balaban J connectivity index is 1.69. The molecule has 1 aromatic heterocycles. The Morgan fingerprint density at radius 3 is 2.75 bits per heavy atom. The first kappa shape index (κ1) is 16.2. The van der Waals surface area contributed by atoms with Gasteiger partial charge in [0, 0.05) is 18.7 Å². The Labute approximate surface area is 145 Å². The number of amides is 1. The van der Waals surface area contributed by atoms with Gasteiger partial charge in [0.05, 0.1) is 23.9 Å². The van der Waals surface area contributed by atoms with Crippen LogP contribution in [0.2, 0.25) is 0 Å². The van der Waals surface area contributed by atoms with Crippen molar-refractivity contribution in [2.75, 3.05) is 14.2 Å². The number of fused-ring (bicyclic) bond motifs is 1. The first-order valence-electron chi connectivity index (χ1n) is 7.58. The number of hydrogen-bond acceptors (Lipinski definition) is 4. The van der Waals surface area contributed by atoms with E-state index in [4.69, 9.17) is 4.74 Å². The van der Waals surface area contributed by atoms with Crippen LogP contribution < -0.4 is 4.74 Å². The largest absolute Gasteiger partial charge is 0.496 e. The van der Waals surface area contributed by atoms with Crippen molar-refractivity contribution in [2.45, 2.75) is 6.54 Å². The van der Waals surface area contributed by atoms with Gasteiger partial charge in [-0.15, -0.1) is 11.3 Å². The van der Waals surface area contributed by atoms with Crippen molar-refractivity contribution in [1.82, 2.24) is 9.88 Å². The molecule has 0 aliphatic rings. The zero-order valence-electron chi connectivity index (χ0n) is 13.6. The molecular formula is C19H18N2O2S. The summed E-state index contributed by atoms with van der Waals surface area (Å²) in [6.07, 6.45) is 3.33. The molecule has 0 fully saturated rings. The van der Waals surface area contributed by atoms with Gasteiger partial charge >= 0.3 is 0 Å². The quantitative estimate of drug-likeness (QED) is 0.661. The topological polar surface area (TPSA) is 42.4 Å². The van der Waals surface area contributed by atoms with Gasteiger partial charge in [-0.3, -0.25) is 4.79 Å². The molecule has 1 heterocycles. The SMILES string of the molecule is COc1ccccc1/C=C/C(=O)N(C)Cc1nc2ccccc2s1. The maximum Gasteiger partial charge on any atom is 0.246 e. The Bertz CT molecular complexity index is 853. The van der Waals surface area contributed by atoms with Crippen LogP contribution in [0, 0.1) is 0 Å². The van der Waals surface area contributed by atoms with E-state index in [-0.39, 0.29) is 5.91 Å². The lowest BCUT2D eigenvalue weighted by atomic mass is 10.2. The molecule has 0 bridgehead atoms. The van der Waals surface area contributed by atoms with Gasteiger partial charge in [-0.2, -0.15) is 0 Å². The zero-order chi connectivity index (χ0) is 16.9. The first-order valence-corrected chi connectivity index (χ1v) is 8.39. The number of nitrogens with zero attached hydrogens (tertiary/aromatic N) is 2. The van der Waals surface area contributed by atoms with Crippen LogP contribution in [0.3, 0.4) is 0 Å².